The molecule has 4 rings (SSSR count). The van der Waals surface area contributed by atoms with Crippen LogP contribution in [0.15, 0.2) is 48.7 Å². The lowest BCUT2D eigenvalue weighted by atomic mass is 10.0. The van der Waals surface area contributed by atoms with Crippen molar-refractivity contribution in [2.75, 3.05) is 38.1 Å². The van der Waals surface area contributed by atoms with Crippen molar-refractivity contribution in [1.82, 2.24) is 9.88 Å². The molecule has 2 fully saturated rings. The van der Waals surface area contributed by atoms with Crippen molar-refractivity contribution in [3.63, 3.8) is 0 Å². The van der Waals surface area contributed by atoms with E-state index < -0.39 is 24.1 Å². The summed E-state index contributed by atoms with van der Waals surface area (Å²) in [6.07, 6.45) is -2.50. The number of rotatable bonds is 5. The van der Waals surface area contributed by atoms with Crippen LogP contribution in [0.1, 0.15) is 0 Å². The van der Waals surface area contributed by atoms with Gasteiger partial charge in [0.2, 0.25) is 0 Å². The zero-order chi connectivity index (χ0) is 22.5. The van der Waals surface area contributed by atoms with Crippen molar-refractivity contribution in [2.45, 2.75) is 12.2 Å². The predicted molar refractivity (Wildman–Crippen MR) is 114 cm³/mol. The van der Waals surface area contributed by atoms with Crippen molar-refractivity contribution < 1.29 is 30.0 Å². The first kappa shape index (κ1) is 22.7. The largest absolute Gasteiger partial charge is 0.479 e. The lowest BCUT2D eigenvalue weighted by Crippen LogP contribution is -2.39. The zero-order valence-corrected chi connectivity index (χ0v) is 17.2. The molecular formula is C22H27N3O6. The van der Waals surface area contributed by atoms with Crippen LogP contribution in [0, 0.1) is 11.8 Å². The Morgan fingerprint density at radius 1 is 0.903 bits per heavy atom. The number of carboxylic acid groups (broad SMARTS) is 2. The molecule has 2 saturated heterocycles. The molecule has 1 aromatic heterocycles. The molecule has 4 N–H and O–H groups in total. The highest BCUT2D eigenvalue weighted by atomic mass is 16.4. The van der Waals surface area contributed by atoms with Gasteiger partial charge in [-0.1, -0.05) is 30.3 Å². The number of hydrogen-bond acceptors (Lipinski definition) is 7. The first-order valence-electron chi connectivity index (χ1n) is 10.0. The second-order valence-corrected chi connectivity index (χ2v) is 7.98. The average Bonchev–Trinajstić information content (AvgIpc) is 3.31. The van der Waals surface area contributed by atoms with E-state index in [-0.39, 0.29) is 0 Å². The molecule has 0 saturated carbocycles. The van der Waals surface area contributed by atoms with E-state index in [1.54, 1.807) is 0 Å². The molecule has 0 amide bonds. The second kappa shape index (κ2) is 9.86. The fourth-order valence-electron chi connectivity index (χ4n) is 4.06. The van der Waals surface area contributed by atoms with Gasteiger partial charge in [-0.05, 0) is 31.0 Å². The number of benzene rings is 1. The monoisotopic (exact) mass is 429 g/mol. The van der Waals surface area contributed by atoms with Crippen molar-refractivity contribution in [3.8, 4) is 11.3 Å². The summed E-state index contributed by atoms with van der Waals surface area (Å²) in [7, 11) is 2.23. The molecule has 9 heteroatoms. The molecule has 3 heterocycles. The maximum atomic E-state index is 9.77. The van der Waals surface area contributed by atoms with Crippen molar-refractivity contribution in [2.24, 2.45) is 11.8 Å². The van der Waals surface area contributed by atoms with Crippen molar-refractivity contribution in [1.29, 1.82) is 0 Å². The molecule has 0 spiro atoms. The highest BCUT2D eigenvalue weighted by molar-refractivity contribution is 5.83. The molecule has 0 radical (unpaired) electrons. The number of fused-ring (bicyclic) bond motifs is 1. The number of aliphatic hydroxyl groups is 2. The van der Waals surface area contributed by atoms with E-state index in [9.17, 15) is 9.59 Å². The molecule has 4 unspecified atom stereocenters. The SMILES string of the molecule is CN1CC2CN(c3ccc(-c4ccccc4)nc3)CC2C1.O=C(O)C(O)C(O)C(=O)O. The smallest absolute Gasteiger partial charge is 0.335 e. The quantitative estimate of drug-likeness (QED) is 0.540. The van der Waals surface area contributed by atoms with Gasteiger partial charge >= 0.3 is 11.9 Å². The van der Waals surface area contributed by atoms with Gasteiger partial charge in [0, 0.05) is 31.7 Å². The van der Waals surface area contributed by atoms with Gasteiger partial charge in [0.05, 0.1) is 17.6 Å². The summed E-state index contributed by atoms with van der Waals surface area (Å²) in [4.78, 5) is 29.2. The topological polar surface area (TPSA) is 134 Å². The summed E-state index contributed by atoms with van der Waals surface area (Å²) in [6, 6.07) is 14.7. The Kier molecular flexibility index (Phi) is 7.21. The van der Waals surface area contributed by atoms with Gasteiger partial charge in [-0.25, -0.2) is 9.59 Å². The Morgan fingerprint density at radius 3 is 1.90 bits per heavy atom. The van der Waals surface area contributed by atoms with Crippen LogP contribution in [-0.4, -0.2) is 87.7 Å². The number of aliphatic carboxylic acids is 2. The third-order valence-electron chi connectivity index (χ3n) is 5.66. The normalized spacial score (nSPS) is 22.2. The molecule has 2 aromatic rings. The number of likely N-dealkylation sites (tertiary alicyclic amines) is 1. The number of aliphatic hydroxyl groups excluding tert-OH is 2. The lowest BCUT2D eigenvalue weighted by molar-refractivity contribution is -0.165. The van der Waals surface area contributed by atoms with Crippen LogP contribution in [0.25, 0.3) is 11.3 Å². The maximum absolute atomic E-state index is 9.77. The number of carboxylic acids is 2. The molecule has 1 aromatic carbocycles. The number of anilines is 1. The Hall–Kier alpha value is -3.01. The molecule has 0 bridgehead atoms. The Balaban J connectivity index is 0.000000233. The maximum Gasteiger partial charge on any atom is 0.335 e. The van der Waals surface area contributed by atoms with Gasteiger partial charge in [0.25, 0.3) is 0 Å². The lowest BCUT2D eigenvalue weighted by Gasteiger charge is -2.21. The van der Waals surface area contributed by atoms with E-state index in [4.69, 9.17) is 20.4 Å². The standard InChI is InChI=1S/C18H21N3.C4H6O6/c1-20-10-15-12-21(13-16(15)11-20)17-7-8-18(19-9-17)14-5-3-2-4-6-14;5-1(3(7)8)2(6)4(9)10/h2-9,15-16H,10-13H2,1H3;1-2,5-6H,(H,7,8)(H,9,10). The highest BCUT2D eigenvalue weighted by Crippen LogP contribution is 2.33. The van der Waals surface area contributed by atoms with E-state index in [2.05, 4.69) is 58.2 Å². The molecule has 166 valence electrons. The third-order valence-corrected chi connectivity index (χ3v) is 5.66. The molecular weight excluding hydrogens is 402 g/mol. The zero-order valence-electron chi connectivity index (χ0n) is 17.2. The first-order chi connectivity index (χ1) is 14.8. The minimum absolute atomic E-state index is 0.837. The van der Waals surface area contributed by atoms with Crippen LogP contribution in [0.3, 0.4) is 0 Å². The van der Waals surface area contributed by atoms with Gasteiger partial charge in [-0.15, -0.1) is 0 Å². The number of hydrogen-bond donors (Lipinski definition) is 4. The minimum atomic E-state index is -2.27. The van der Waals surface area contributed by atoms with Crippen LogP contribution in [0.5, 0.6) is 0 Å². The van der Waals surface area contributed by atoms with Gasteiger partial charge in [0.1, 0.15) is 0 Å². The van der Waals surface area contributed by atoms with E-state index >= 15 is 0 Å². The fourth-order valence-corrected chi connectivity index (χ4v) is 4.06. The Labute approximate surface area is 180 Å². The molecule has 0 aliphatic carbocycles. The Bertz CT molecular complexity index is 860. The number of aromatic nitrogens is 1. The number of carbonyl (C=O) groups is 2. The molecule has 2 aliphatic rings. The average molecular weight is 429 g/mol. The summed E-state index contributed by atoms with van der Waals surface area (Å²) >= 11 is 0. The Morgan fingerprint density at radius 2 is 1.45 bits per heavy atom. The first-order valence-corrected chi connectivity index (χ1v) is 10.0. The number of nitrogens with zero attached hydrogens (tertiary/aromatic N) is 3. The summed E-state index contributed by atoms with van der Waals surface area (Å²) in [5, 5.41) is 32.5. The van der Waals surface area contributed by atoms with Crippen LogP contribution in [0.4, 0.5) is 5.69 Å². The van der Waals surface area contributed by atoms with Crippen LogP contribution in [-0.2, 0) is 9.59 Å². The van der Waals surface area contributed by atoms with Crippen molar-refractivity contribution >= 4 is 17.6 Å². The predicted octanol–water partition coefficient (Wildman–Crippen LogP) is 0.624. The van der Waals surface area contributed by atoms with E-state index in [0.717, 1.165) is 17.5 Å². The number of pyridine rings is 1. The van der Waals surface area contributed by atoms with E-state index in [1.165, 1.54) is 37.4 Å². The van der Waals surface area contributed by atoms with Crippen molar-refractivity contribution in [3.05, 3.63) is 48.7 Å². The third kappa shape index (κ3) is 5.57. The minimum Gasteiger partial charge on any atom is -0.479 e. The highest BCUT2D eigenvalue weighted by Gasteiger charge is 2.38. The van der Waals surface area contributed by atoms with Crippen LogP contribution >= 0.6 is 0 Å². The summed E-state index contributed by atoms with van der Waals surface area (Å²) in [5.74, 6) is -1.86. The molecule has 31 heavy (non-hydrogen) atoms. The van der Waals surface area contributed by atoms with Gasteiger partial charge in [-0.2, -0.15) is 0 Å². The molecule has 9 nitrogen and oxygen atoms in total. The van der Waals surface area contributed by atoms with E-state index in [1.807, 2.05) is 12.3 Å². The summed E-state index contributed by atoms with van der Waals surface area (Å²) < 4.78 is 0. The summed E-state index contributed by atoms with van der Waals surface area (Å²) in [6.45, 7) is 4.86. The molecule has 2 aliphatic heterocycles. The fraction of sp³-hybridized carbons (Fsp3) is 0.409. The summed E-state index contributed by atoms with van der Waals surface area (Å²) in [5.41, 5.74) is 3.51. The second-order valence-electron chi connectivity index (χ2n) is 7.98. The van der Waals surface area contributed by atoms with Crippen LogP contribution in [0.2, 0.25) is 0 Å². The van der Waals surface area contributed by atoms with Gasteiger partial charge in [0.15, 0.2) is 12.2 Å². The van der Waals surface area contributed by atoms with Gasteiger partial charge < -0.3 is 30.2 Å². The van der Waals surface area contributed by atoms with Gasteiger partial charge in [-0.3, -0.25) is 4.98 Å². The molecule has 4 atom stereocenters. The van der Waals surface area contributed by atoms with Crippen LogP contribution < -0.4 is 4.90 Å². The van der Waals surface area contributed by atoms with E-state index in [0.29, 0.717) is 0 Å².